The number of hydrogen-bond donors (Lipinski definition) is 0. The van der Waals surface area contributed by atoms with Gasteiger partial charge in [-0.1, -0.05) is 42.5 Å². The molecule has 0 saturated heterocycles. The molecule has 0 aliphatic carbocycles. The second-order valence-corrected chi connectivity index (χ2v) is 5.61. The van der Waals surface area contributed by atoms with Crippen molar-refractivity contribution in [1.29, 1.82) is 0 Å². The zero-order valence-electron chi connectivity index (χ0n) is 14.1. The number of alkyl halides is 1. The molecule has 0 aliphatic heterocycles. The number of carbonyl (C=O) groups excluding carboxylic acids is 2. The van der Waals surface area contributed by atoms with E-state index in [1.807, 2.05) is 30.3 Å². The van der Waals surface area contributed by atoms with Crippen LogP contribution in [0.3, 0.4) is 0 Å². The molecule has 0 saturated carbocycles. The molecule has 1 amide bonds. The van der Waals surface area contributed by atoms with Gasteiger partial charge >= 0.3 is 5.97 Å². The molecule has 0 bridgehead atoms. The first-order valence-corrected chi connectivity index (χ1v) is 8.25. The normalized spacial score (nSPS) is 11.5. The summed E-state index contributed by atoms with van der Waals surface area (Å²) in [7, 11) is 2.88. The van der Waals surface area contributed by atoms with Gasteiger partial charge in [0.25, 0.3) is 0 Å². The van der Waals surface area contributed by atoms with Crippen LogP contribution in [0.25, 0.3) is 0 Å². The Morgan fingerprint density at radius 2 is 1.68 bits per heavy atom. The van der Waals surface area contributed by atoms with Crippen LogP contribution in [-0.4, -0.2) is 36.9 Å². The van der Waals surface area contributed by atoms with Crippen molar-refractivity contribution >= 4 is 23.5 Å². The molecule has 0 heterocycles. The minimum Gasteiger partial charge on any atom is -0.497 e. The molecule has 0 aliphatic rings. The highest BCUT2D eigenvalue weighted by atomic mass is 35.5. The molecule has 0 unspecified atom stereocenters. The summed E-state index contributed by atoms with van der Waals surface area (Å²) >= 11 is 5.78. The molecule has 0 radical (unpaired) electrons. The van der Waals surface area contributed by atoms with Crippen LogP contribution in [-0.2, 0) is 20.9 Å². The average Bonchev–Trinajstić information content (AvgIpc) is 2.68. The smallest absolute Gasteiger partial charge is 0.333 e. The number of hydrogen-bond acceptors (Lipinski definition) is 4. The summed E-state index contributed by atoms with van der Waals surface area (Å²) < 4.78 is 10.1. The van der Waals surface area contributed by atoms with Gasteiger partial charge in [-0.3, -0.25) is 4.79 Å². The number of nitrogens with zero attached hydrogens (tertiary/aromatic N) is 1. The highest BCUT2D eigenvalue weighted by Gasteiger charge is 2.31. The van der Waals surface area contributed by atoms with Crippen LogP contribution >= 0.6 is 11.6 Å². The van der Waals surface area contributed by atoms with Crippen molar-refractivity contribution < 1.29 is 19.1 Å². The van der Waals surface area contributed by atoms with Crippen LogP contribution in [0.1, 0.15) is 17.2 Å². The largest absolute Gasteiger partial charge is 0.497 e. The number of benzene rings is 2. The lowest BCUT2D eigenvalue weighted by atomic mass is 10.0. The number of methoxy groups -OCH3 is 2. The van der Waals surface area contributed by atoms with E-state index in [-0.39, 0.29) is 18.3 Å². The summed E-state index contributed by atoms with van der Waals surface area (Å²) in [6.45, 7) is 0.226. The first-order valence-electron chi connectivity index (χ1n) is 7.71. The Bertz CT molecular complexity index is 703. The van der Waals surface area contributed by atoms with Crippen molar-refractivity contribution in [2.75, 3.05) is 20.1 Å². The van der Waals surface area contributed by atoms with E-state index in [0.29, 0.717) is 11.3 Å². The summed E-state index contributed by atoms with van der Waals surface area (Å²) in [5.41, 5.74) is 1.52. The fourth-order valence-corrected chi connectivity index (χ4v) is 2.67. The molecule has 0 aromatic heterocycles. The fraction of sp³-hybridized carbons (Fsp3) is 0.263. The average molecular weight is 362 g/mol. The van der Waals surface area contributed by atoms with Gasteiger partial charge in [0.15, 0.2) is 6.04 Å². The van der Waals surface area contributed by atoms with Crippen molar-refractivity contribution in [2.24, 2.45) is 0 Å². The van der Waals surface area contributed by atoms with Gasteiger partial charge < -0.3 is 14.4 Å². The molecular weight excluding hydrogens is 342 g/mol. The highest BCUT2D eigenvalue weighted by molar-refractivity contribution is 6.27. The Labute approximate surface area is 152 Å². The number of esters is 1. The van der Waals surface area contributed by atoms with Gasteiger partial charge in [0.1, 0.15) is 11.6 Å². The molecule has 2 rings (SSSR count). The van der Waals surface area contributed by atoms with Crippen LogP contribution in [0.4, 0.5) is 0 Å². The second-order valence-electron chi connectivity index (χ2n) is 5.34. The van der Waals surface area contributed by atoms with Crippen molar-refractivity contribution in [3.8, 4) is 5.75 Å². The Morgan fingerprint density at radius 3 is 2.20 bits per heavy atom. The maximum absolute atomic E-state index is 12.4. The number of halogens is 1. The van der Waals surface area contributed by atoms with E-state index in [0.717, 1.165) is 5.56 Å². The lowest BCUT2D eigenvalue weighted by Crippen LogP contribution is -2.39. The van der Waals surface area contributed by atoms with E-state index in [9.17, 15) is 9.59 Å². The third kappa shape index (κ3) is 4.73. The van der Waals surface area contributed by atoms with Gasteiger partial charge in [0.05, 0.1) is 14.2 Å². The summed E-state index contributed by atoms with van der Waals surface area (Å²) in [4.78, 5) is 26.2. The van der Waals surface area contributed by atoms with Gasteiger partial charge in [0, 0.05) is 6.54 Å². The zero-order valence-corrected chi connectivity index (χ0v) is 14.9. The number of ether oxygens (including phenoxy) is 2. The molecular formula is C19H20ClNO4. The summed E-state index contributed by atoms with van der Waals surface area (Å²) in [6, 6.07) is 15.4. The molecule has 0 spiro atoms. The Balaban J connectivity index is 2.38. The van der Waals surface area contributed by atoms with Gasteiger partial charge in [-0.2, -0.15) is 0 Å². The number of carbonyl (C=O) groups is 2. The topological polar surface area (TPSA) is 55.8 Å². The Morgan fingerprint density at radius 1 is 1.04 bits per heavy atom. The van der Waals surface area contributed by atoms with E-state index in [2.05, 4.69) is 0 Å². The van der Waals surface area contributed by atoms with Crippen molar-refractivity contribution in [3.63, 3.8) is 0 Å². The van der Waals surface area contributed by atoms with E-state index >= 15 is 0 Å². The van der Waals surface area contributed by atoms with Gasteiger partial charge in [-0.25, -0.2) is 4.79 Å². The predicted octanol–water partition coefficient (Wildman–Crippen LogP) is 3.18. The molecule has 0 fully saturated rings. The van der Waals surface area contributed by atoms with Crippen LogP contribution in [0.2, 0.25) is 0 Å². The van der Waals surface area contributed by atoms with Crippen LogP contribution in [0.15, 0.2) is 54.6 Å². The monoisotopic (exact) mass is 361 g/mol. The minimum absolute atomic E-state index is 0.226. The highest BCUT2D eigenvalue weighted by Crippen LogP contribution is 2.25. The first kappa shape index (κ1) is 18.8. The second kappa shape index (κ2) is 9.08. The van der Waals surface area contributed by atoms with E-state index < -0.39 is 12.0 Å². The maximum Gasteiger partial charge on any atom is 0.333 e. The fourth-order valence-electron chi connectivity index (χ4n) is 2.52. The molecule has 0 N–H and O–H groups in total. The number of amides is 1. The minimum atomic E-state index is -0.862. The molecule has 132 valence electrons. The Hall–Kier alpha value is -2.53. The van der Waals surface area contributed by atoms with Crippen molar-refractivity contribution in [2.45, 2.75) is 12.6 Å². The zero-order chi connectivity index (χ0) is 18.2. The lowest BCUT2D eigenvalue weighted by molar-refractivity contribution is -0.153. The van der Waals surface area contributed by atoms with E-state index in [1.54, 1.807) is 31.4 Å². The molecule has 1 atom stereocenters. The third-order valence-electron chi connectivity index (χ3n) is 3.80. The van der Waals surface area contributed by atoms with Crippen LogP contribution in [0, 0.1) is 0 Å². The van der Waals surface area contributed by atoms with Crippen LogP contribution in [0.5, 0.6) is 5.75 Å². The molecule has 6 heteroatoms. The van der Waals surface area contributed by atoms with Gasteiger partial charge in [-0.05, 0) is 23.3 Å². The maximum atomic E-state index is 12.4. The van der Waals surface area contributed by atoms with Gasteiger partial charge in [0.2, 0.25) is 5.91 Å². The SMILES string of the molecule is COC(=O)[C@@H](c1ccccc1)N(Cc1ccc(OC)cc1)C(=O)CCl. The lowest BCUT2D eigenvalue weighted by Gasteiger charge is -2.30. The standard InChI is InChI=1S/C19H20ClNO4/c1-24-16-10-8-14(9-11-16)13-21(17(22)12-20)18(19(23)25-2)15-6-4-3-5-7-15/h3-11,18H,12-13H2,1-2H3/t18-/m1/s1. The third-order valence-corrected chi connectivity index (χ3v) is 4.03. The summed E-state index contributed by atoms with van der Waals surface area (Å²) in [5, 5.41) is 0. The predicted molar refractivity (Wildman–Crippen MR) is 95.5 cm³/mol. The summed E-state index contributed by atoms with van der Waals surface area (Å²) in [5.74, 6) is -0.377. The van der Waals surface area contributed by atoms with Gasteiger partial charge in [-0.15, -0.1) is 11.6 Å². The molecule has 2 aromatic rings. The molecule has 25 heavy (non-hydrogen) atoms. The van der Waals surface area contributed by atoms with E-state index in [1.165, 1.54) is 12.0 Å². The molecule has 5 nitrogen and oxygen atoms in total. The number of rotatable bonds is 7. The Kier molecular flexibility index (Phi) is 6.83. The van der Waals surface area contributed by atoms with Crippen LogP contribution < -0.4 is 4.74 Å². The quantitative estimate of drug-likeness (QED) is 0.561. The molecule has 2 aromatic carbocycles. The first-order chi connectivity index (χ1) is 12.1. The summed E-state index contributed by atoms with van der Waals surface area (Å²) in [6.07, 6.45) is 0. The van der Waals surface area contributed by atoms with Crippen molar-refractivity contribution in [3.05, 3.63) is 65.7 Å². The van der Waals surface area contributed by atoms with Crippen molar-refractivity contribution in [1.82, 2.24) is 4.90 Å². The van der Waals surface area contributed by atoms with E-state index in [4.69, 9.17) is 21.1 Å².